The quantitative estimate of drug-likeness (QED) is 0.175. The van der Waals surface area contributed by atoms with Crippen LogP contribution in [-0.4, -0.2) is 4.57 Å². The monoisotopic (exact) mass is 651 g/mol. The van der Waals surface area contributed by atoms with Crippen LogP contribution in [0.4, 0.5) is 0 Å². The Bertz CT molecular complexity index is 2830. The Balaban J connectivity index is 0.00000161. The van der Waals surface area contributed by atoms with Crippen LogP contribution < -0.4 is 0 Å². The minimum absolute atomic E-state index is 0.469. The average Bonchev–Trinajstić information content (AvgIpc) is 3.69. The van der Waals surface area contributed by atoms with E-state index in [2.05, 4.69) is 181 Å². The highest BCUT2D eigenvalue weighted by molar-refractivity contribution is 6.13. The van der Waals surface area contributed by atoms with Crippen molar-refractivity contribution in [1.82, 2.24) is 4.57 Å². The van der Waals surface area contributed by atoms with Crippen molar-refractivity contribution >= 4 is 32.6 Å². The summed E-state index contributed by atoms with van der Waals surface area (Å²) in [6.45, 7) is 6.16. The number of aryl methyl sites for hydroxylation is 1. The molecule has 9 aromatic rings. The van der Waals surface area contributed by atoms with Crippen LogP contribution in [0.3, 0.4) is 0 Å². The number of benzene rings is 8. The highest BCUT2D eigenvalue weighted by Crippen LogP contribution is 2.61. The molecule has 8 aromatic carbocycles. The highest BCUT2D eigenvalue weighted by Gasteiger charge is 2.50. The number of nitrogens with zero attached hydrogens (tertiary/aromatic N) is 1. The van der Waals surface area contributed by atoms with Crippen molar-refractivity contribution in [2.24, 2.45) is 0 Å². The van der Waals surface area contributed by atoms with Gasteiger partial charge in [0.05, 0.1) is 22.1 Å². The minimum Gasteiger partial charge on any atom is -0.309 e. The summed E-state index contributed by atoms with van der Waals surface area (Å²) in [6.07, 6.45) is 0. The van der Waals surface area contributed by atoms with Gasteiger partial charge in [0.25, 0.3) is 0 Å². The molecule has 1 aromatic heterocycles. The number of rotatable bonds is 2. The Labute approximate surface area is 299 Å². The molecule has 0 saturated carbocycles. The first kappa shape index (κ1) is 29.7. The maximum Gasteiger partial charge on any atom is 0.0754 e. The van der Waals surface area contributed by atoms with Crippen molar-refractivity contribution < 1.29 is 0 Å². The standard InChI is InChI=1S/C48H31N.C2H6/c1-30-21-23-32(24-22-30)46-34-12-3-2-11-31(34)25-27-35(46)33-26-28-37-36-13-4-6-16-40(36)48(43(37)29-33)41-17-7-9-20-45(41)49-44-19-8-5-14-38(44)39-15-10-18-42(48)47(39)49;1-2/h2-29H,1H3;1-2H3. The first-order valence-electron chi connectivity index (χ1n) is 18.2. The van der Waals surface area contributed by atoms with Gasteiger partial charge in [-0.2, -0.15) is 0 Å². The van der Waals surface area contributed by atoms with Gasteiger partial charge < -0.3 is 4.57 Å². The third-order valence-electron chi connectivity index (χ3n) is 11.3. The third kappa shape index (κ3) is 3.92. The van der Waals surface area contributed by atoms with E-state index in [1.54, 1.807) is 0 Å². The molecule has 242 valence electrons. The molecule has 2 aliphatic rings. The van der Waals surface area contributed by atoms with Gasteiger partial charge >= 0.3 is 0 Å². The van der Waals surface area contributed by atoms with E-state index in [0.717, 1.165) is 0 Å². The molecule has 0 radical (unpaired) electrons. The van der Waals surface area contributed by atoms with E-state index in [0.29, 0.717) is 0 Å². The van der Waals surface area contributed by atoms with Crippen LogP contribution in [0.25, 0.3) is 71.6 Å². The predicted octanol–water partition coefficient (Wildman–Crippen LogP) is 13.3. The van der Waals surface area contributed by atoms with E-state index in [9.17, 15) is 0 Å². The molecule has 0 fully saturated rings. The fourth-order valence-electron chi connectivity index (χ4n) is 9.27. The Morgan fingerprint density at radius 1 is 0.431 bits per heavy atom. The first-order valence-corrected chi connectivity index (χ1v) is 18.2. The van der Waals surface area contributed by atoms with E-state index in [1.807, 2.05) is 13.8 Å². The summed E-state index contributed by atoms with van der Waals surface area (Å²) in [5.74, 6) is 0. The highest BCUT2D eigenvalue weighted by atomic mass is 15.0. The molecule has 11 rings (SSSR count). The second-order valence-corrected chi connectivity index (χ2v) is 13.7. The van der Waals surface area contributed by atoms with Gasteiger partial charge in [-0.25, -0.2) is 0 Å². The van der Waals surface area contributed by atoms with Crippen molar-refractivity contribution in [2.45, 2.75) is 26.2 Å². The molecular formula is C50H37N. The molecule has 1 aliphatic carbocycles. The molecule has 1 unspecified atom stereocenters. The predicted molar refractivity (Wildman–Crippen MR) is 216 cm³/mol. The largest absolute Gasteiger partial charge is 0.309 e. The van der Waals surface area contributed by atoms with E-state index in [4.69, 9.17) is 0 Å². The molecule has 0 amide bonds. The molecule has 1 heteroatoms. The minimum atomic E-state index is -0.469. The topological polar surface area (TPSA) is 4.93 Å². The Morgan fingerprint density at radius 2 is 1.06 bits per heavy atom. The lowest BCUT2D eigenvalue weighted by Crippen LogP contribution is -2.33. The van der Waals surface area contributed by atoms with Crippen LogP contribution in [0.5, 0.6) is 0 Å². The normalized spacial score (nSPS) is 15.0. The molecule has 2 heterocycles. The number of aromatic nitrogens is 1. The number of fused-ring (bicyclic) bond motifs is 13. The lowest BCUT2D eigenvalue weighted by atomic mass is 9.65. The van der Waals surface area contributed by atoms with Gasteiger partial charge in [0.15, 0.2) is 0 Å². The SMILES string of the molecule is CC.Cc1ccc(-c2c(-c3ccc4c(c3)C3(c5ccccc5-4)c4ccccc4-n4c5ccccc5c5cccc3c54)ccc3ccccc23)cc1. The van der Waals surface area contributed by atoms with Gasteiger partial charge in [0.2, 0.25) is 0 Å². The number of hydrogen-bond donors (Lipinski definition) is 0. The van der Waals surface area contributed by atoms with Crippen LogP contribution >= 0.6 is 0 Å². The van der Waals surface area contributed by atoms with Crippen molar-refractivity contribution in [3.63, 3.8) is 0 Å². The van der Waals surface area contributed by atoms with Crippen molar-refractivity contribution in [2.75, 3.05) is 0 Å². The first-order chi connectivity index (χ1) is 25.2. The van der Waals surface area contributed by atoms with Crippen LogP contribution in [0.15, 0.2) is 170 Å². The summed E-state index contributed by atoms with van der Waals surface area (Å²) in [6, 6.07) is 63.8. The second kappa shape index (κ2) is 11.2. The summed E-state index contributed by atoms with van der Waals surface area (Å²) in [7, 11) is 0. The Hall–Kier alpha value is -6.18. The molecule has 1 aliphatic heterocycles. The molecule has 1 atom stereocenters. The molecule has 0 N–H and O–H groups in total. The molecule has 0 bridgehead atoms. The zero-order chi connectivity index (χ0) is 34.3. The molecule has 51 heavy (non-hydrogen) atoms. The average molecular weight is 652 g/mol. The van der Waals surface area contributed by atoms with Crippen molar-refractivity contribution in [1.29, 1.82) is 0 Å². The van der Waals surface area contributed by atoms with Crippen molar-refractivity contribution in [3.05, 3.63) is 198 Å². The van der Waals surface area contributed by atoms with E-state index < -0.39 is 5.41 Å². The molecular weight excluding hydrogens is 615 g/mol. The van der Waals surface area contributed by atoms with Gasteiger partial charge in [-0.3, -0.25) is 0 Å². The summed E-state index contributed by atoms with van der Waals surface area (Å²) in [4.78, 5) is 0. The maximum atomic E-state index is 2.52. The lowest BCUT2D eigenvalue weighted by molar-refractivity contribution is 0.749. The zero-order valence-electron chi connectivity index (χ0n) is 29.1. The fourth-order valence-corrected chi connectivity index (χ4v) is 9.27. The number of hydrogen-bond acceptors (Lipinski definition) is 0. The van der Waals surface area contributed by atoms with Gasteiger partial charge in [-0.1, -0.05) is 171 Å². The smallest absolute Gasteiger partial charge is 0.0754 e. The second-order valence-electron chi connectivity index (χ2n) is 13.7. The fraction of sp³-hybridized carbons (Fsp3) is 0.0800. The Kier molecular flexibility index (Phi) is 6.51. The van der Waals surface area contributed by atoms with Gasteiger partial charge in [0.1, 0.15) is 0 Å². The zero-order valence-corrected chi connectivity index (χ0v) is 29.1. The third-order valence-corrected chi connectivity index (χ3v) is 11.3. The molecule has 0 saturated heterocycles. The van der Waals surface area contributed by atoms with Gasteiger partial charge in [-0.05, 0) is 91.5 Å². The van der Waals surface area contributed by atoms with Crippen LogP contribution in [0, 0.1) is 6.92 Å². The maximum absolute atomic E-state index is 2.52. The summed E-state index contributed by atoms with van der Waals surface area (Å²) in [5.41, 5.74) is 17.7. The van der Waals surface area contributed by atoms with Gasteiger partial charge in [-0.15, -0.1) is 0 Å². The lowest BCUT2D eigenvalue weighted by Gasteiger charge is -2.39. The van der Waals surface area contributed by atoms with Crippen LogP contribution in [0.1, 0.15) is 41.7 Å². The summed E-state index contributed by atoms with van der Waals surface area (Å²) in [5, 5.41) is 5.14. The molecule has 1 nitrogen and oxygen atoms in total. The molecule has 1 spiro atoms. The summed E-state index contributed by atoms with van der Waals surface area (Å²) >= 11 is 0. The van der Waals surface area contributed by atoms with Crippen molar-refractivity contribution in [3.8, 4) is 39.1 Å². The summed E-state index contributed by atoms with van der Waals surface area (Å²) < 4.78 is 2.52. The van der Waals surface area contributed by atoms with E-state index in [1.165, 1.54) is 99.5 Å². The van der Waals surface area contributed by atoms with Crippen LogP contribution in [0.2, 0.25) is 0 Å². The number of para-hydroxylation sites is 3. The van der Waals surface area contributed by atoms with Gasteiger partial charge in [0, 0.05) is 10.8 Å². The Morgan fingerprint density at radius 3 is 1.92 bits per heavy atom. The van der Waals surface area contributed by atoms with E-state index >= 15 is 0 Å². The van der Waals surface area contributed by atoms with E-state index in [-0.39, 0.29) is 0 Å². The van der Waals surface area contributed by atoms with Crippen LogP contribution in [-0.2, 0) is 5.41 Å².